The van der Waals surface area contributed by atoms with E-state index in [-0.39, 0.29) is 11.7 Å². The van der Waals surface area contributed by atoms with E-state index in [1.54, 1.807) is 4.68 Å². The molecule has 1 amide bonds. The highest BCUT2D eigenvalue weighted by Gasteiger charge is 2.22. The Morgan fingerprint density at radius 3 is 2.54 bits per heavy atom. The fraction of sp³-hybridized carbons (Fsp3) is 0.280. The highest BCUT2D eigenvalue weighted by molar-refractivity contribution is 7.99. The Hall–Kier alpha value is -3.63. The lowest BCUT2D eigenvalue weighted by atomic mass is 10.2. The molecule has 0 aliphatic carbocycles. The zero-order valence-electron chi connectivity index (χ0n) is 19.7. The molecule has 180 valence electrons. The Morgan fingerprint density at radius 1 is 1.00 bits per heavy atom. The lowest BCUT2D eigenvalue weighted by Crippen LogP contribution is -2.37. The van der Waals surface area contributed by atoms with E-state index in [1.165, 1.54) is 11.8 Å². The maximum Gasteiger partial charge on any atom is 0.236 e. The molecule has 9 nitrogen and oxygen atoms in total. The minimum atomic E-state index is -0.140. The van der Waals surface area contributed by atoms with Crippen molar-refractivity contribution in [2.75, 3.05) is 42.3 Å². The van der Waals surface area contributed by atoms with Gasteiger partial charge in [-0.3, -0.25) is 9.36 Å². The highest BCUT2D eigenvalue weighted by atomic mass is 32.2. The zero-order chi connectivity index (χ0) is 24.2. The summed E-state index contributed by atoms with van der Waals surface area (Å²) in [5.41, 5.74) is 3.82. The number of thioether (sulfide) groups is 1. The van der Waals surface area contributed by atoms with Crippen LogP contribution in [0.5, 0.6) is 0 Å². The molecule has 10 heteroatoms. The predicted octanol–water partition coefficient (Wildman–Crippen LogP) is 3.64. The van der Waals surface area contributed by atoms with Crippen LogP contribution in [0, 0.1) is 13.8 Å². The van der Waals surface area contributed by atoms with Gasteiger partial charge >= 0.3 is 0 Å². The normalized spacial score (nSPS) is 13.7. The number of carbonyl (C=O) groups is 1. The number of aromatic nitrogens is 5. The molecule has 1 aliphatic rings. The van der Waals surface area contributed by atoms with Gasteiger partial charge in [-0.2, -0.15) is 5.10 Å². The molecule has 35 heavy (non-hydrogen) atoms. The minimum absolute atomic E-state index is 0.140. The number of morpholine rings is 1. The summed E-state index contributed by atoms with van der Waals surface area (Å²) in [5.74, 6) is 1.44. The first kappa shape index (κ1) is 23.1. The van der Waals surface area contributed by atoms with E-state index >= 15 is 0 Å². The topological polar surface area (TPSA) is 90.1 Å². The van der Waals surface area contributed by atoms with Crippen LogP contribution in [-0.4, -0.2) is 62.5 Å². The lowest BCUT2D eigenvalue weighted by Gasteiger charge is -2.28. The van der Waals surface area contributed by atoms with Crippen LogP contribution >= 0.6 is 11.8 Å². The van der Waals surface area contributed by atoms with Gasteiger partial charge in [-0.25, -0.2) is 4.68 Å². The number of hydrogen-bond acceptors (Lipinski definition) is 7. The fourth-order valence-corrected chi connectivity index (χ4v) is 4.73. The first-order chi connectivity index (χ1) is 17.1. The van der Waals surface area contributed by atoms with Gasteiger partial charge in [0.25, 0.3) is 0 Å². The smallest absolute Gasteiger partial charge is 0.236 e. The number of aryl methyl sites for hydroxylation is 2. The van der Waals surface area contributed by atoms with Crippen LogP contribution in [0.2, 0.25) is 0 Å². The van der Waals surface area contributed by atoms with Gasteiger partial charge in [0, 0.05) is 19.2 Å². The Morgan fingerprint density at radius 2 is 1.77 bits per heavy atom. The number of benzene rings is 2. The van der Waals surface area contributed by atoms with Crippen LogP contribution in [0.15, 0.2) is 65.8 Å². The number of amides is 1. The van der Waals surface area contributed by atoms with Gasteiger partial charge in [0.05, 0.1) is 36.0 Å². The minimum Gasteiger partial charge on any atom is -0.378 e. The maximum absolute atomic E-state index is 12.9. The molecule has 0 spiro atoms. The molecule has 3 heterocycles. The third-order valence-corrected chi connectivity index (χ3v) is 6.53. The molecular formula is C25H27N7O2S. The summed E-state index contributed by atoms with van der Waals surface area (Å²) >= 11 is 1.36. The average Bonchev–Trinajstić information content (AvgIpc) is 3.47. The summed E-state index contributed by atoms with van der Waals surface area (Å²) in [6.07, 6.45) is 0. The second-order valence-corrected chi connectivity index (χ2v) is 9.25. The van der Waals surface area contributed by atoms with E-state index < -0.39 is 0 Å². The molecule has 0 radical (unpaired) electrons. The largest absolute Gasteiger partial charge is 0.378 e. The third kappa shape index (κ3) is 5.23. The second-order valence-electron chi connectivity index (χ2n) is 8.31. The summed E-state index contributed by atoms with van der Waals surface area (Å²) in [6, 6.07) is 19.8. The highest BCUT2D eigenvalue weighted by Crippen LogP contribution is 2.28. The van der Waals surface area contributed by atoms with Gasteiger partial charge < -0.3 is 15.0 Å². The van der Waals surface area contributed by atoms with E-state index in [4.69, 9.17) is 4.74 Å². The van der Waals surface area contributed by atoms with E-state index in [0.29, 0.717) is 24.2 Å². The van der Waals surface area contributed by atoms with E-state index in [0.717, 1.165) is 41.7 Å². The van der Waals surface area contributed by atoms with Gasteiger partial charge in [0.15, 0.2) is 5.16 Å². The molecule has 2 aromatic carbocycles. The van der Waals surface area contributed by atoms with Gasteiger partial charge in [0.1, 0.15) is 5.82 Å². The number of hydrogen-bond donors (Lipinski definition) is 1. The first-order valence-electron chi connectivity index (χ1n) is 11.5. The Labute approximate surface area is 208 Å². The summed E-state index contributed by atoms with van der Waals surface area (Å²) < 4.78 is 9.27. The Kier molecular flexibility index (Phi) is 6.82. The Balaban J connectivity index is 1.36. The van der Waals surface area contributed by atoms with E-state index in [2.05, 4.69) is 44.6 Å². The molecule has 1 aliphatic heterocycles. The quantitative estimate of drug-likeness (QED) is 0.397. The van der Waals surface area contributed by atoms with Gasteiger partial charge in [0.2, 0.25) is 11.9 Å². The van der Waals surface area contributed by atoms with Crippen LogP contribution in [0.1, 0.15) is 11.3 Å². The SMILES string of the molecule is Cc1cccc(-n2c(SCC(=O)Nc3cc(C)nn3-c3ccccc3)nnc2N2CCOCC2)c1. The molecule has 1 N–H and O–H groups in total. The van der Waals surface area contributed by atoms with Crippen molar-refractivity contribution in [2.45, 2.75) is 19.0 Å². The zero-order valence-corrected chi connectivity index (χ0v) is 20.5. The molecule has 0 atom stereocenters. The van der Waals surface area contributed by atoms with Crippen molar-refractivity contribution in [3.05, 3.63) is 71.9 Å². The maximum atomic E-state index is 12.9. The number of rotatable bonds is 7. The van der Waals surface area contributed by atoms with Crippen molar-refractivity contribution in [1.82, 2.24) is 24.5 Å². The lowest BCUT2D eigenvalue weighted by molar-refractivity contribution is -0.113. The van der Waals surface area contributed by atoms with Crippen LogP contribution < -0.4 is 10.2 Å². The molecular weight excluding hydrogens is 462 g/mol. The Bertz CT molecular complexity index is 1310. The fourth-order valence-electron chi connectivity index (χ4n) is 3.98. The van der Waals surface area contributed by atoms with E-state index in [9.17, 15) is 4.79 Å². The van der Waals surface area contributed by atoms with Crippen molar-refractivity contribution in [3.63, 3.8) is 0 Å². The number of ether oxygens (including phenoxy) is 1. The number of carbonyl (C=O) groups excluding carboxylic acids is 1. The number of anilines is 2. The predicted molar refractivity (Wildman–Crippen MR) is 137 cm³/mol. The monoisotopic (exact) mass is 489 g/mol. The van der Waals surface area contributed by atoms with Gasteiger partial charge in [-0.05, 0) is 43.7 Å². The second kappa shape index (κ2) is 10.3. The van der Waals surface area contributed by atoms with Crippen LogP contribution in [0.3, 0.4) is 0 Å². The van der Waals surface area contributed by atoms with Crippen LogP contribution in [0.4, 0.5) is 11.8 Å². The van der Waals surface area contributed by atoms with E-state index in [1.807, 2.05) is 60.0 Å². The molecule has 0 bridgehead atoms. The first-order valence-corrected chi connectivity index (χ1v) is 12.5. The standard InChI is InChI=1S/C25H27N7O2S/c1-18-7-6-10-21(15-18)31-24(30-11-13-34-14-12-30)27-28-25(31)35-17-23(33)26-22-16-19(2)29-32(22)20-8-4-3-5-9-20/h3-10,15-16H,11-14,17H2,1-2H3,(H,26,33). The van der Waals surface area contributed by atoms with Crippen molar-refractivity contribution >= 4 is 29.4 Å². The van der Waals surface area contributed by atoms with Crippen molar-refractivity contribution in [3.8, 4) is 11.4 Å². The average molecular weight is 490 g/mol. The summed E-state index contributed by atoms with van der Waals surface area (Å²) in [5, 5.41) is 17.1. The van der Waals surface area contributed by atoms with Gasteiger partial charge in [-0.1, -0.05) is 42.1 Å². The molecule has 0 unspecified atom stereocenters. The van der Waals surface area contributed by atoms with Crippen molar-refractivity contribution in [2.24, 2.45) is 0 Å². The molecule has 4 aromatic rings. The van der Waals surface area contributed by atoms with Crippen LogP contribution in [-0.2, 0) is 9.53 Å². The molecule has 2 aromatic heterocycles. The van der Waals surface area contributed by atoms with Crippen molar-refractivity contribution < 1.29 is 9.53 Å². The molecule has 1 fully saturated rings. The summed E-state index contributed by atoms with van der Waals surface area (Å²) in [7, 11) is 0. The molecule has 1 saturated heterocycles. The number of para-hydroxylation sites is 1. The van der Waals surface area contributed by atoms with Crippen molar-refractivity contribution in [1.29, 1.82) is 0 Å². The van der Waals surface area contributed by atoms with Crippen LogP contribution in [0.25, 0.3) is 11.4 Å². The third-order valence-electron chi connectivity index (χ3n) is 5.60. The molecule has 0 saturated carbocycles. The summed E-state index contributed by atoms with van der Waals surface area (Å²) in [4.78, 5) is 15.1. The number of nitrogens with zero attached hydrogens (tertiary/aromatic N) is 6. The summed E-state index contributed by atoms with van der Waals surface area (Å²) in [6.45, 7) is 6.76. The number of nitrogens with one attached hydrogen (secondary N) is 1. The van der Waals surface area contributed by atoms with Gasteiger partial charge in [-0.15, -0.1) is 10.2 Å². The molecule has 5 rings (SSSR count).